The van der Waals surface area contributed by atoms with Crippen molar-refractivity contribution >= 4 is 5.91 Å². The number of carbonyl (C=O) groups excluding carboxylic acids is 1. The first-order chi connectivity index (χ1) is 14.2. The average molecular weight is 413 g/mol. The first kappa shape index (κ1) is 23.3. The zero-order chi connectivity index (χ0) is 21.8. The summed E-state index contributed by atoms with van der Waals surface area (Å²) < 4.78 is 0. The molecule has 0 aromatic heterocycles. The van der Waals surface area contributed by atoms with Crippen LogP contribution in [0.15, 0.2) is 24.3 Å². The van der Waals surface area contributed by atoms with Crippen LogP contribution in [0.3, 0.4) is 0 Å². The summed E-state index contributed by atoms with van der Waals surface area (Å²) in [7, 11) is 2.01. The normalized spacial score (nSPS) is 20.4. The molecule has 0 radical (unpaired) electrons. The number of nitrogens with zero attached hydrogens (tertiary/aromatic N) is 2. The van der Waals surface area contributed by atoms with Crippen molar-refractivity contribution in [1.82, 2.24) is 9.80 Å². The monoisotopic (exact) mass is 412 g/mol. The number of hydrogen-bond acceptors (Lipinski definition) is 2. The molecule has 3 nitrogen and oxygen atoms in total. The van der Waals surface area contributed by atoms with Gasteiger partial charge in [-0.25, -0.2) is 0 Å². The maximum absolute atomic E-state index is 12.9. The van der Waals surface area contributed by atoms with Crippen molar-refractivity contribution in [3.05, 3.63) is 35.4 Å². The van der Waals surface area contributed by atoms with Crippen LogP contribution in [0.2, 0.25) is 0 Å². The molecule has 1 amide bonds. The molecule has 1 heterocycles. The van der Waals surface area contributed by atoms with E-state index in [9.17, 15) is 4.79 Å². The van der Waals surface area contributed by atoms with Crippen LogP contribution in [0.4, 0.5) is 0 Å². The lowest BCUT2D eigenvalue weighted by Gasteiger charge is -2.43. The topological polar surface area (TPSA) is 23.6 Å². The Morgan fingerprint density at radius 3 is 2.37 bits per heavy atom. The number of likely N-dealkylation sites (tertiary alicyclic amines) is 1. The highest BCUT2D eigenvalue weighted by Crippen LogP contribution is 2.41. The molecule has 1 aliphatic heterocycles. The van der Waals surface area contributed by atoms with Gasteiger partial charge in [-0.05, 0) is 80.1 Å². The SMILES string of the molecule is CCC1(c2ccccc2CN(C)C(=O)C2CCCC2)CCN(CCC(C)(C)C)CC1. The zero-order valence-corrected chi connectivity index (χ0v) is 20.2. The highest BCUT2D eigenvalue weighted by Gasteiger charge is 2.36. The van der Waals surface area contributed by atoms with Crippen LogP contribution in [-0.2, 0) is 16.8 Å². The molecule has 2 aliphatic rings. The van der Waals surface area contributed by atoms with Gasteiger partial charge in [-0.2, -0.15) is 0 Å². The Labute approximate surface area is 185 Å². The smallest absolute Gasteiger partial charge is 0.225 e. The second-order valence-electron chi connectivity index (χ2n) is 11.1. The minimum absolute atomic E-state index is 0.256. The van der Waals surface area contributed by atoms with Gasteiger partial charge in [-0.15, -0.1) is 0 Å². The average Bonchev–Trinajstić information content (AvgIpc) is 3.27. The van der Waals surface area contributed by atoms with E-state index in [1.807, 2.05) is 11.9 Å². The summed E-state index contributed by atoms with van der Waals surface area (Å²) in [4.78, 5) is 17.6. The first-order valence-corrected chi connectivity index (χ1v) is 12.3. The van der Waals surface area contributed by atoms with Gasteiger partial charge in [0.1, 0.15) is 0 Å². The molecule has 1 aromatic carbocycles. The predicted octanol–water partition coefficient (Wildman–Crippen LogP) is 6.02. The van der Waals surface area contributed by atoms with E-state index in [1.165, 1.54) is 69.3 Å². The standard InChI is InChI=1S/C27H44N2O/c1-6-27(16-19-29(20-17-27)18-15-26(2,3)4)24-14-10-9-13-23(24)21-28(5)25(30)22-11-7-8-12-22/h9-10,13-14,22H,6-8,11-12,15-21H2,1-5H3. The second kappa shape index (κ2) is 9.85. The summed E-state index contributed by atoms with van der Waals surface area (Å²) in [5.41, 5.74) is 3.51. The van der Waals surface area contributed by atoms with E-state index < -0.39 is 0 Å². The molecule has 3 rings (SSSR count). The minimum Gasteiger partial charge on any atom is -0.341 e. The third kappa shape index (κ3) is 5.66. The summed E-state index contributed by atoms with van der Waals surface area (Å²) >= 11 is 0. The molecule has 0 atom stereocenters. The molecule has 30 heavy (non-hydrogen) atoms. The molecule has 2 fully saturated rings. The highest BCUT2D eigenvalue weighted by molar-refractivity contribution is 5.78. The van der Waals surface area contributed by atoms with Crippen molar-refractivity contribution in [3.63, 3.8) is 0 Å². The zero-order valence-electron chi connectivity index (χ0n) is 20.2. The van der Waals surface area contributed by atoms with Gasteiger partial charge < -0.3 is 9.80 Å². The van der Waals surface area contributed by atoms with E-state index in [0.717, 1.165) is 19.4 Å². The van der Waals surface area contributed by atoms with Gasteiger partial charge in [0, 0.05) is 19.5 Å². The molecule has 0 N–H and O–H groups in total. The quantitative estimate of drug-likeness (QED) is 0.547. The van der Waals surface area contributed by atoms with Crippen molar-refractivity contribution in [2.45, 2.75) is 91.0 Å². The van der Waals surface area contributed by atoms with Crippen molar-refractivity contribution in [2.75, 3.05) is 26.7 Å². The fourth-order valence-electron chi connectivity index (χ4n) is 5.50. The van der Waals surface area contributed by atoms with E-state index in [1.54, 1.807) is 0 Å². The highest BCUT2D eigenvalue weighted by atomic mass is 16.2. The maximum Gasteiger partial charge on any atom is 0.225 e. The Morgan fingerprint density at radius 2 is 1.77 bits per heavy atom. The van der Waals surface area contributed by atoms with Crippen LogP contribution in [0.25, 0.3) is 0 Å². The van der Waals surface area contributed by atoms with Crippen LogP contribution in [0.5, 0.6) is 0 Å². The fraction of sp³-hybridized carbons (Fsp3) is 0.741. The van der Waals surface area contributed by atoms with Gasteiger partial charge in [0.05, 0.1) is 0 Å². The molecule has 168 valence electrons. The third-order valence-electron chi connectivity index (χ3n) is 7.74. The van der Waals surface area contributed by atoms with E-state index >= 15 is 0 Å². The fourth-order valence-corrected chi connectivity index (χ4v) is 5.50. The summed E-state index contributed by atoms with van der Waals surface area (Å²) in [5, 5.41) is 0. The van der Waals surface area contributed by atoms with E-state index in [0.29, 0.717) is 11.3 Å². The Bertz CT molecular complexity index is 691. The predicted molar refractivity (Wildman–Crippen MR) is 127 cm³/mol. The Morgan fingerprint density at radius 1 is 1.13 bits per heavy atom. The summed E-state index contributed by atoms with van der Waals surface area (Å²) in [5.74, 6) is 0.609. The lowest BCUT2D eigenvalue weighted by atomic mass is 9.69. The van der Waals surface area contributed by atoms with Crippen molar-refractivity contribution in [3.8, 4) is 0 Å². The van der Waals surface area contributed by atoms with E-state index in [2.05, 4.69) is 56.9 Å². The third-order valence-corrected chi connectivity index (χ3v) is 7.74. The molecule has 1 aromatic rings. The van der Waals surface area contributed by atoms with Crippen molar-refractivity contribution < 1.29 is 4.79 Å². The molecule has 0 spiro atoms. The van der Waals surface area contributed by atoms with Crippen molar-refractivity contribution in [1.29, 1.82) is 0 Å². The number of carbonyl (C=O) groups is 1. The van der Waals surface area contributed by atoms with Gasteiger partial charge in [-0.3, -0.25) is 4.79 Å². The summed E-state index contributed by atoms with van der Waals surface area (Å²) in [6, 6.07) is 8.95. The number of hydrogen-bond donors (Lipinski definition) is 0. The van der Waals surface area contributed by atoms with Crippen LogP contribution >= 0.6 is 0 Å². The molecule has 3 heteroatoms. The molecule has 1 aliphatic carbocycles. The number of amides is 1. The molecule has 0 bridgehead atoms. The Balaban J connectivity index is 1.69. The Hall–Kier alpha value is -1.35. The largest absolute Gasteiger partial charge is 0.341 e. The number of piperidine rings is 1. The summed E-state index contributed by atoms with van der Waals surface area (Å²) in [6.07, 6.45) is 9.48. The van der Waals surface area contributed by atoms with E-state index in [4.69, 9.17) is 0 Å². The van der Waals surface area contributed by atoms with Crippen LogP contribution in [-0.4, -0.2) is 42.4 Å². The molecule has 1 saturated heterocycles. The molecular weight excluding hydrogens is 368 g/mol. The number of benzene rings is 1. The summed E-state index contributed by atoms with van der Waals surface area (Å²) in [6.45, 7) is 13.7. The van der Waals surface area contributed by atoms with Gasteiger partial charge in [0.25, 0.3) is 0 Å². The van der Waals surface area contributed by atoms with E-state index in [-0.39, 0.29) is 11.3 Å². The van der Waals surface area contributed by atoms with Crippen LogP contribution in [0.1, 0.15) is 90.2 Å². The van der Waals surface area contributed by atoms with Crippen LogP contribution < -0.4 is 0 Å². The van der Waals surface area contributed by atoms with Crippen molar-refractivity contribution in [2.24, 2.45) is 11.3 Å². The van der Waals surface area contributed by atoms with Gasteiger partial charge in [-0.1, -0.05) is 64.8 Å². The van der Waals surface area contributed by atoms with Gasteiger partial charge >= 0.3 is 0 Å². The second-order valence-corrected chi connectivity index (χ2v) is 11.1. The molecule has 1 saturated carbocycles. The lowest BCUT2D eigenvalue weighted by Crippen LogP contribution is -2.44. The van der Waals surface area contributed by atoms with Gasteiger partial charge in [0.2, 0.25) is 5.91 Å². The first-order valence-electron chi connectivity index (χ1n) is 12.3. The lowest BCUT2D eigenvalue weighted by molar-refractivity contribution is -0.134. The van der Waals surface area contributed by atoms with Gasteiger partial charge in [0.15, 0.2) is 0 Å². The maximum atomic E-state index is 12.9. The molecular formula is C27H44N2O. The number of rotatable bonds is 7. The molecule has 0 unspecified atom stereocenters. The van der Waals surface area contributed by atoms with Crippen LogP contribution in [0, 0.1) is 11.3 Å². The minimum atomic E-state index is 0.256. The Kier molecular flexibility index (Phi) is 7.66.